The molecule has 2 rings (SSSR count). The molecule has 1 aromatic carbocycles. The van der Waals surface area contributed by atoms with Gasteiger partial charge in [-0.2, -0.15) is 0 Å². The van der Waals surface area contributed by atoms with Gasteiger partial charge >= 0.3 is 5.97 Å². The summed E-state index contributed by atoms with van der Waals surface area (Å²) in [5.41, 5.74) is 7.22. The quantitative estimate of drug-likeness (QED) is 0.898. The maximum atomic E-state index is 11.1. The predicted molar refractivity (Wildman–Crippen MR) is 79.0 cm³/mol. The molecule has 5 heteroatoms. The van der Waals surface area contributed by atoms with E-state index in [0.29, 0.717) is 16.3 Å². The number of rotatable bonds is 3. The maximum absolute atomic E-state index is 11.1. The van der Waals surface area contributed by atoms with Crippen LogP contribution >= 0.6 is 11.3 Å². The molecule has 1 aromatic heterocycles. The summed E-state index contributed by atoms with van der Waals surface area (Å²) in [7, 11) is 1.57. The van der Waals surface area contributed by atoms with Gasteiger partial charge in [-0.1, -0.05) is 26.0 Å². The van der Waals surface area contributed by atoms with E-state index in [1.807, 2.05) is 26.0 Å². The Labute approximate surface area is 116 Å². The van der Waals surface area contributed by atoms with Crippen molar-refractivity contribution in [1.29, 1.82) is 0 Å². The van der Waals surface area contributed by atoms with E-state index in [1.165, 1.54) is 11.3 Å². The van der Waals surface area contributed by atoms with Crippen LogP contribution in [-0.4, -0.2) is 18.2 Å². The highest BCUT2D eigenvalue weighted by Crippen LogP contribution is 2.34. The summed E-state index contributed by atoms with van der Waals surface area (Å²) in [5.74, 6) is -0.329. The molecule has 0 saturated heterocycles. The highest BCUT2D eigenvalue weighted by molar-refractivity contribution is 7.14. The number of anilines is 1. The van der Waals surface area contributed by atoms with Crippen molar-refractivity contribution < 1.29 is 14.6 Å². The first-order valence-electron chi connectivity index (χ1n) is 5.88. The molecule has 1 heterocycles. The normalized spacial score (nSPS) is 9.42. The fraction of sp³-hybridized carbons (Fsp3) is 0.214. The molecule has 0 fully saturated rings. The highest BCUT2D eigenvalue weighted by Gasteiger charge is 2.17. The number of ether oxygens (including phenoxy) is 1. The third-order valence-corrected chi connectivity index (χ3v) is 3.23. The molecular formula is C14H17NO3S. The van der Waals surface area contributed by atoms with E-state index in [1.54, 1.807) is 24.6 Å². The number of carboxylic acid groups (broad SMARTS) is 1. The Morgan fingerprint density at radius 2 is 2.05 bits per heavy atom. The molecule has 4 nitrogen and oxygen atoms in total. The van der Waals surface area contributed by atoms with Gasteiger partial charge in [-0.15, -0.1) is 11.3 Å². The van der Waals surface area contributed by atoms with Crippen molar-refractivity contribution in [2.24, 2.45) is 0 Å². The van der Waals surface area contributed by atoms with Gasteiger partial charge in [0.1, 0.15) is 16.3 Å². The molecule has 0 saturated carbocycles. The molecule has 0 amide bonds. The average Bonchev–Trinajstić information content (AvgIpc) is 2.83. The molecule has 0 aliphatic heterocycles. The highest BCUT2D eigenvalue weighted by atomic mass is 32.1. The van der Waals surface area contributed by atoms with Crippen molar-refractivity contribution in [2.75, 3.05) is 12.8 Å². The van der Waals surface area contributed by atoms with E-state index in [0.717, 1.165) is 5.56 Å². The van der Waals surface area contributed by atoms with Gasteiger partial charge in [-0.25, -0.2) is 4.79 Å². The molecule has 19 heavy (non-hydrogen) atoms. The lowest BCUT2D eigenvalue weighted by molar-refractivity contribution is 0.0699. The predicted octanol–water partition coefficient (Wildman–Crippen LogP) is 3.73. The van der Waals surface area contributed by atoms with Crippen LogP contribution in [0, 0.1) is 0 Å². The molecule has 3 N–H and O–H groups in total. The zero-order valence-corrected chi connectivity index (χ0v) is 12.0. The van der Waals surface area contributed by atoms with Gasteiger partial charge in [0.15, 0.2) is 0 Å². The number of benzene rings is 1. The molecular weight excluding hydrogens is 262 g/mol. The van der Waals surface area contributed by atoms with Gasteiger partial charge < -0.3 is 15.6 Å². The van der Waals surface area contributed by atoms with E-state index in [4.69, 9.17) is 15.6 Å². The van der Waals surface area contributed by atoms with Crippen LogP contribution < -0.4 is 10.5 Å². The summed E-state index contributed by atoms with van der Waals surface area (Å²) in [5, 5.41) is 11.2. The van der Waals surface area contributed by atoms with Crippen LogP contribution in [0.3, 0.4) is 0 Å². The monoisotopic (exact) mass is 279 g/mol. The number of methoxy groups -OCH3 is 1. The standard InChI is InChI=1S/C12H11NO3S.C2H6/c1-16-8-4-2-3-7(5-8)9-6-17-11(13)10(9)12(14)15;1-2/h2-6H,13H2,1H3,(H,14,15);1-2H3. The van der Waals surface area contributed by atoms with Crippen LogP contribution in [0.2, 0.25) is 0 Å². The lowest BCUT2D eigenvalue weighted by Gasteiger charge is -2.04. The first-order chi connectivity index (χ1) is 9.13. The van der Waals surface area contributed by atoms with Crippen molar-refractivity contribution in [3.8, 4) is 16.9 Å². The number of nitrogen functional groups attached to an aromatic ring is 1. The Morgan fingerprint density at radius 1 is 1.37 bits per heavy atom. The molecule has 0 aliphatic carbocycles. The van der Waals surface area contributed by atoms with Crippen LogP contribution in [-0.2, 0) is 0 Å². The van der Waals surface area contributed by atoms with Crippen LogP contribution in [0.25, 0.3) is 11.1 Å². The zero-order chi connectivity index (χ0) is 14.4. The first-order valence-corrected chi connectivity index (χ1v) is 6.76. The summed E-state index contributed by atoms with van der Waals surface area (Å²) in [6.45, 7) is 4.00. The topological polar surface area (TPSA) is 72.5 Å². The Morgan fingerprint density at radius 3 is 2.63 bits per heavy atom. The minimum atomic E-state index is -1.01. The number of thiophene rings is 1. The van der Waals surface area contributed by atoms with Gasteiger partial charge in [0, 0.05) is 10.9 Å². The Bertz CT molecular complexity index is 564. The molecule has 0 spiro atoms. The summed E-state index contributed by atoms with van der Waals surface area (Å²) >= 11 is 1.22. The molecule has 102 valence electrons. The minimum absolute atomic E-state index is 0.156. The van der Waals surface area contributed by atoms with E-state index < -0.39 is 5.97 Å². The second-order valence-electron chi connectivity index (χ2n) is 3.43. The summed E-state index contributed by atoms with van der Waals surface area (Å²) in [6.07, 6.45) is 0. The SMILES string of the molecule is CC.COc1cccc(-c2csc(N)c2C(=O)O)c1. The van der Waals surface area contributed by atoms with Crippen molar-refractivity contribution in [3.63, 3.8) is 0 Å². The zero-order valence-electron chi connectivity index (χ0n) is 11.1. The van der Waals surface area contributed by atoms with Crippen LogP contribution in [0.1, 0.15) is 24.2 Å². The summed E-state index contributed by atoms with van der Waals surface area (Å²) in [4.78, 5) is 11.1. The minimum Gasteiger partial charge on any atom is -0.497 e. The average molecular weight is 279 g/mol. The van der Waals surface area contributed by atoms with E-state index >= 15 is 0 Å². The Balaban J connectivity index is 0.000000861. The van der Waals surface area contributed by atoms with Crippen LogP contribution in [0.15, 0.2) is 29.6 Å². The number of nitrogens with two attached hydrogens (primary N) is 1. The molecule has 2 aromatic rings. The Hall–Kier alpha value is -2.01. The molecule has 0 unspecified atom stereocenters. The number of hydrogen-bond acceptors (Lipinski definition) is 4. The Kier molecular flexibility index (Phi) is 5.38. The van der Waals surface area contributed by atoms with Crippen molar-refractivity contribution in [3.05, 3.63) is 35.2 Å². The summed E-state index contributed by atoms with van der Waals surface area (Å²) in [6, 6.07) is 7.23. The number of aromatic carboxylic acids is 1. The number of carbonyl (C=O) groups is 1. The fourth-order valence-corrected chi connectivity index (χ4v) is 2.41. The van der Waals surface area contributed by atoms with Gasteiger partial charge in [-0.3, -0.25) is 0 Å². The molecule has 0 bridgehead atoms. The molecule has 0 atom stereocenters. The molecule has 0 radical (unpaired) electrons. The summed E-state index contributed by atoms with van der Waals surface area (Å²) < 4.78 is 5.11. The number of carboxylic acids is 1. The van der Waals surface area contributed by atoms with Gasteiger partial charge in [-0.05, 0) is 17.7 Å². The van der Waals surface area contributed by atoms with Crippen LogP contribution in [0.5, 0.6) is 5.75 Å². The number of hydrogen-bond donors (Lipinski definition) is 2. The van der Waals surface area contributed by atoms with E-state index in [-0.39, 0.29) is 5.56 Å². The van der Waals surface area contributed by atoms with Gasteiger partial charge in [0.2, 0.25) is 0 Å². The van der Waals surface area contributed by atoms with Gasteiger partial charge in [0.25, 0.3) is 0 Å². The lowest BCUT2D eigenvalue weighted by Crippen LogP contribution is -2.00. The fourth-order valence-electron chi connectivity index (χ4n) is 1.60. The second kappa shape index (κ2) is 6.80. The van der Waals surface area contributed by atoms with E-state index in [9.17, 15) is 4.79 Å². The first kappa shape index (κ1) is 15.0. The van der Waals surface area contributed by atoms with Gasteiger partial charge in [0.05, 0.1) is 7.11 Å². The van der Waals surface area contributed by atoms with E-state index in [2.05, 4.69) is 0 Å². The third-order valence-electron chi connectivity index (χ3n) is 2.41. The smallest absolute Gasteiger partial charge is 0.339 e. The van der Waals surface area contributed by atoms with Crippen molar-refractivity contribution in [2.45, 2.75) is 13.8 Å². The largest absolute Gasteiger partial charge is 0.497 e. The van der Waals surface area contributed by atoms with Crippen molar-refractivity contribution in [1.82, 2.24) is 0 Å². The lowest BCUT2D eigenvalue weighted by atomic mass is 10.0. The molecule has 0 aliphatic rings. The third kappa shape index (κ3) is 3.26. The maximum Gasteiger partial charge on any atom is 0.339 e. The van der Waals surface area contributed by atoms with Crippen LogP contribution in [0.4, 0.5) is 5.00 Å². The second-order valence-corrected chi connectivity index (χ2v) is 4.34. The van der Waals surface area contributed by atoms with Crippen molar-refractivity contribution >= 4 is 22.3 Å².